The molecule has 1 aliphatic carbocycles. The SMILES string of the molecule is CN=C(NCC1(CCO)CCOC1)NCC1(c2ccccc2C)CC1. The Morgan fingerprint density at radius 3 is 2.56 bits per heavy atom. The molecule has 5 heteroatoms. The molecule has 0 aromatic heterocycles. The number of hydrogen-bond donors (Lipinski definition) is 3. The fourth-order valence-electron chi connectivity index (χ4n) is 3.92. The maximum absolute atomic E-state index is 9.36. The van der Waals surface area contributed by atoms with Crippen LogP contribution in [0.5, 0.6) is 0 Å². The second-order valence-electron chi connectivity index (χ2n) is 7.65. The number of aliphatic hydroxyl groups excluding tert-OH is 1. The lowest BCUT2D eigenvalue weighted by Gasteiger charge is -2.28. The Kier molecular flexibility index (Phi) is 5.64. The van der Waals surface area contributed by atoms with Gasteiger partial charge in [-0.25, -0.2) is 0 Å². The minimum atomic E-state index is 0.0274. The van der Waals surface area contributed by atoms with E-state index >= 15 is 0 Å². The number of ether oxygens (including phenoxy) is 1. The maximum atomic E-state index is 9.36. The van der Waals surface area contributed by atoms with Crippen LogP contribution in [0.2, 0.25) is 0 Å². The van der Waals surface area contributed by atoms with E-state index in [0.29, 0.717) is 6.61 Å². The first-order valence-electron chi connectivity index (χ1n) is 9.32. The predicted octanol–water partition coefficient (Wildman–Crippen LogP) is 1.98. The number of aryl methyl sites for hydroxylation is 1. The van der Waals surface area contributed by atoms with Gasteiger partial charge in [0.15, 0.2) is 5.96 Å². The summed E-state index contributed by atoms with van der Waals surface area (Å²) in [5.74, 6) is 0.837. The second-order valence-corrected chi connectivity index (χ2v) is 7.65. The number of benzene rings is 1. The third-order valence-electron chi connectivity index (χ3n) is 5.85. The molecule has 1 aromatic carbocycles. The standard InChI is InChI=1S/C20H31N3O2/c1-16-5-3-4-6-17(16)20(7-8-20)14-23-18(21-2)22-13-19(9-11-24)10-12-25-15-19/h3-6,24H,7-15H2,1-2H3,(H2,21,22,23). The number of guanidine groups is 1. The molecule has 138 valence electrons. The van der Waals surface area contributed by atoms with E-state index in [0.717, 1.165) is 38.5 Å². The van der Waals surface area contributed by atoms with Gasteiger partial charge in [0, 0.05) is 44.2 Å². The van der Waals surface area contributed by atoms with Crippen LogP contribution < -0.4 is 10.6 Å². The third-order valence-corrected chi connectivity index (χ3v) is 5.85. The van der Waals surface area contributed by atoms with Gasteiger partial charge in [-0.3, -0.25) is 4.99 Å². The summed E-state index contributed by atoms with van der Waals surface area (Å²) >= 11 is 0. The lowest BCUT2D eigenvalue weighted by Crippen LogP contribution is -2.46. The van der Waals surface area contributed by atoms with Crippen molar-refractivity contribution in [3.05, 3.63) is 35.4 Å². The van der Waals surface area contributed by atoms with Crippen LogP contribution in [-0.4, -0.2) is 51.0 Å². The van der Waals surface area contributed by atoms with E-state index in [1.807, 2.05) is 7.05 Å². The first kappa shape index (κ1) is 18.2. The normalized spacial score (nSPS) is 25.0. The molecule has 1 saturated heterocycles. The van der Waals surface area contributed by atoms with Crippen molar-refractivity contribution < 1.29 is 9.84 Å². The van der Waals surface area contributed by atoms with Crippen molar-refractivity contribution in [1.82, 2.24) is 10.6 Å². The van der Waals surface area contributed by atoms with Gasteiger partial charge >= 0.3 is 0 Å². The van der Waals surface area contributed by atoms with E-state index < -0.39 is 0 Å². The van der Waals surface area contributed by atoms with Crippen molar-refractivity contribution in [2.75, 3.05) is 40.0 Å². The minimum Gasteiger partial charge on any atom is -0.396 e. The van der Waals surface area contributed by atoms with Gasteiger partial charge in [-0.1, -0.05) is 24.3 Å². The molecule has 0 bridgehead atoms. The highest BCUT2D eigenvalue weighted by Crippen LogP contribution is 2.48. The molecule has 2 aliphatic rings. The molecule has 1 heterocycles. The van der Waals surface area contributed by atoms with Crippen LogP contribution in [0.15, 0.2) is 29.3 Å². The Morgan fingerprint density at radius 2 is 1.96 bits per heavy atom. The van der Waals surface area contributed by atoms with E-state index in [1.165, 1.54) is 24.0 Å². The van der Waals surface area contributed by atoms with Crippen LogP contribution >= 0.6 is 0 Å². The second kappa shape index (κ2) is 7.75. The smallest absolute Gasteiger partial charge is 0.191 e. The highest BCUT2D eigenvalue weighted by Gasteiger charge is 2.45. The first-order valence-corrected chi connectivity index (χ1v) is 9.32. The zero-order valence-electron chi connectivity index (χ0n) is 15.5. The molecule has 5 nitrogen and oxygen atoms in total. The molecule has 1 atom stereocenters. The molecule has 25 heavy (non-hydrogen) atoms. The van der Waals surface area contributed by atoms with E-state index in [1.54, 1.807) is 0 Å². The zero-order chi connectivity index (χ0) is 17.8. The third kappa shape index (κ3) is 4.15. The molecule has 1 saturated carbocycles. The van der Waals surface area contributed by atoms with Crippen LogP contribution in [0.3, 0.4) is 0 Å². The Labute approximate surface area is 150 Å². The Morgan fingerprint density at radius 1 is 1.20 bits per heavy atom. The van der Waals surface area contributed by atoms with Gasteiger partial charge in [0.1, 0.15) is 0 Å². The average Bonchev–Trinajstić information content (AvgIpc) is 3.27. The molecule has 0 amide bonds. The highest BCUT2D eigenvalue weighted by molar-refractivity contribution is 5.79. The summed E-state index contributed by atoms with van der Waals surface area (Å²) in [6, 6.07) is 8.69. The number of rotatable bonds is 7. The van der Waals surface area contributed by atoms with Crippen LogP contribution in [0.25, 0.3) is 0 Å². The highest BCUT2D eigenvalue weighted by atomic mass is 16.5. The number of hydrogen-bond acceptors (Lipinski definition) is 3. The molecule has 0 spiro atoms. The van der Waals surface area contributed by atoms with Gasteiger partial charge in [0.25, 0.3) is 0 Å². The van der Waals surface area contributed by atoms with Crippen molar-refractivity contribution in [1.29, 1.82) is 0 Å². The zero-order valence-corrected chi connectivity index (χ0v) is 15.5. The van der Waals surface area contributed by atoms with Crippen molar-refractivity contribution in [2.24, 2.45) is 10.4 Å². The topological polar surface area (TPSA) is 65.9 Å². The number of aliphatic hydroxyl groups is 1. The van der Waals surface area contributed by atoms with Crippen LogP contribution in [0, 0.1) is 12.3 Å². The maximum Gasteiger partial charge on any atom is 0.191 e. The van der Waals surface area contributed by atoms with Gasteiger partial charge in [-0.15, -0.1) is 0 Å². The molecule has 3 rings (SSSR count). The number of nitrogens with zero attached hydrogens (tertiary/aromatic N) is 1. The summed E-state index contributed by atoms with van der Waals surface area (Å²) in [6.07, 6.45) is 4.21. The fourth-order valence-corrected chi connectivity index (χ4v) is 3.92. The summed E-state index contributed by atoms with van der Waals surface area (Å²) in [7, 11) is 1.81. The summed E-state index contributed by atoms with van der Waals surface area (Å²) in [5, 5.41) is 16.3. The van der Waals surface area contributed by atoms with Gasteiger partial charge in [0.05, 0.1) is 6.61 Å². The average molecular weight is 345 g/mol. The van der Waals surface area contributed by atoms with E-state index in [2.05, 4.69) is 46.8 Å². The van der Waals surface area contributed by atoms with E-state index in [4.69, 9.17) is 4.74 Å². The quantitative estimate of drug-likeness (QED) is 0.522. The minimum absolute atomic E-state index is 0.0274. The first-order chi connectivity index (χ1) is 12.1. The molecule has 3 N–H and O–H groups in total. The molecule has 1 unspecified atom stereocenters. The van der Waals surface area contributed by atoms with Crippen molar-refractivity contribution in [3.8, 4) is 0 Å². The van der Waals surface area contributed by atoms with E-state index in [9.17, 15) is 5.11 Å². The molecule has 1 aromatic rings. The Hall–Kier alpha value is -1.59. The monoisotopic (exact) mass is 345 g/mol. The van der Waals surface area contributed by atoms with Crippen molar-refractivity contribution in [2.45, 2.75) is 38.0 Å². The van der Waals surface area contributed by atoms with E-state index in [-0.39, 0.29) is 17.4 Å². The molecular weight excluding hydrogens is 314 g/mol. The number of aliphatic imine (C=N–C) groups is 1. The Balaban J connectivity index is 1.56. The van der Waals surface area contributed by atoms with Gasteiger partial charge in [-0.05, 0) is 43.7 Å². The van der Waals surface area contributed by atoms with Crippen LogP contribution in [0.1, 0.15) is 36.8 Å². The van der Waals surface area contributed by atoms with Crippen molar-refractivity contribution in [3.63, 3.8) is 0 Å². The largest absolute Gasteiger partial charge is 0.396 e. The van der Waals surface area contributed by atoms with Crippen LogP contribution in [0.4, 0.5) is 0 Å². The molecular formula is C20H31N3O2. The lowest BCUT2D eigenvalue weighted by atomic mass is 9.84. The summed E-state index contributed by atoms with van der Waals surface area (Å²) in [6.45, 7) is 5.58. The molecule has 0 radical (unpaired) electrons. The van der Waals surface area contributed by atoms with Crippen LogP contribution in [-0.2, 0) is 10.2 Å². The number of nitrogens with one attached hydrogen (secondary N) is 2. The molecule has 2 fully saturated rings. The summed E-state index contributed by atoms with van der Waals surface area (Å²) < 4.78 is 5.56. The van der Waals surface area contributed by atoms with Crippen molar-refractivity contribution >= 4 is 5.96 Å². The van der Waals surface area contributed by atoms with Gasteiger partial charge in [-0.2, -0.15) is 0 Å². The lowest BCUT2D eigenvalue weighted by molar-refractivity contribution is 0.127. The van der Waals surface area contributed by atoms with Gasteiger partial charge in [0.2, 0.25) is 0 Å². The van der Waals surface area contributed by atoms with Gasteiger partial charge < -0.3 is 20.5 Å². The fraction of sp³-hybridized carbons (Fsp3) is 0.650. The molecule has 1 aliphatic heterocycles. The summed E-state index contributed by atoms with van der Waals surface area (Å²) in [4.78, 5) is 4.38. The summed E-state index contributed by atoms with van der Waals surface area (Å²) in [5.41, 5.74) is 3.11. The Bertz CT molecular complexity index is 605. The predicted molar refractivity (Wildman–Crippen MR) is 101 cm³/mol.